The van der Waals surface area contributed by atoms with Gasteiger partial charge in [-0.05, 0) is 40.2 Å². The summed E-state index contributed by atoms with van der Waals surface area (Å²) >= 11 is 3.34. The number of rotatable bonds is 4. The van der Waals surface area contributed by atoms with E-state index in [-0.39, 0.29) is 0 Å². The molecule has 2 N–H and O–H groups in total. The van der Waals surface area contributed by atoms with Crippen molar-refractivity contribution in [3.63, 3.8) is 0 Å². The van der Waals surface area contributed by atoms with Gasteiger partial charge in [-0.1, -0.05) is 24.3 Å². The molecule has 8 nitrogen and oxygen atoms in total. The number of halogens is 1. The van der Waals surface area contributed by atoms with E-state index in [0.29, 0.717) is 22.3 Å². The zero-order valence-corrected chi connectivity index (χ0v) is 16.0. The first-order valence-corrected chi connectivity index (χ1v) is 9.13. The molecule has 0 bridgehead atoms. The van der Waals surface area contributed by atoms with E-state index in [0.717, 1.165) is 9.04 Å². The molecule has 0 saturated carbocycles. The van der Waals surface area contributed by atoms with E-state index in [9.17, 15) is 14.4 Å². The minimum absolute atomic E-state index is 0.344. The summed E-state index contributed by atoms with van der Waals surface area (Å²) in [7, 11) is 0. The van der Waals surface area contributed by atoms with Gasteiger partial charge in [0, 0.05) is 6.20 Å². The van der Waals surface area contributed by atoms with Gasteiger partial charge in [0.05, 0.1) is 32.9 Å². The third-order valence-electron chi connectivity index (χ3n) is 4.17. The van der Waals surface area contributed by atoms with Crippen LogP contribution in [0, 0.1) is 0 Å². The van der Waals surface area contributed by atoms with Gasteiger partial charge in [-0.2, -0.15) is 5.10 Å². The van der Waals surface area contributed by atoms with E-state index in [2.05, 4.69) is 31.3 Å². The molecule has 2 aromatic carbocycles. The maximum atomic E-state index is 12.6. The molecule has 1 amide bonds. The van der Waals surface area contributed by atoms with E-state index < -0.39 is 23.7 Å². The Kier molecular flexibility index (Phi) is 4.66. The molecule has 2 heterocycles. The zero-order valence-electron chi connectivity index (χ0n) is 14.4. The number of nitrogens with one attached hydrogen (secondary N) is 2. The van der Waals surface area contributed by atoms with Crippen molar-refractivity contribution in [1.29, 1.82) is 0 Å². The minimum atomic E-state index is -0.636. The summed E-state index contributed by atoms with van der Waals surface area (Å²) < 4.78 is 3.28. The average molecular weight is 440 g/mol. The number of H-pyrrole nitrogens is 1. The van der Waals surface area contributed by atoms with Crippen LogP contribution in [0.3, 0.4) is 0 Å². The van der Waals surface area contributed by atoms with E-state index in [1.165, 1.54) is 0 Å². The van der Waals surface area contributed by atoms with Crippen LogP contribution in [0.15, 0.2) is 75.0 Å². The molecular formula is C19H14BrN5O3. The van der Waals surface area contributed by atoms with Crippen LogP contribution in [-0.4, -0.2) is 25.2 Å². The van der Waals surface area contributed by atoms with Gasteiger partial charge >= 0.3 is 5.69 Å². The molecule has 0 aliphatic rings. The van der Waals surface area contributed by atoms with Crippen LogP contribution in [0.25, 0.3) is 16.6 Å². The van der Waals surface area contributed by atoms with E-state index in [1.807, 2.05) is 6.07 Å². The second-order valence-corrected chi connectivity index (χ2v) is 6.95. The number of anilines is 1. The second-order valence-electron chi connectivity index (χ2n) is 6.04. The normalized spacial score (nSPS) is 10.9. The number of aromatic nitrogens is 4. The van der Waals surface area contributed by atoms with Crippen molar-refractivity contribution in [2.24, 2.45) is 0 Å². The smallest absolute Gasteiger partial charge is 0.323 e. The molecule has 28 heavy (non-hydrogen) atoms. The van der Waals surface area contributed by atoms with Crippen molar-refractivity contribution < 1.29 is 4.79 Å². The number of hydrogen-bond donors (Lipinski definition) is 2. The van der Waals surface area contributed by atoms with E-state index in [4.69, 9.17) is 0 Å². The van der Waals surface area contributed by atoms with Crippen LogP contribution in [-0.2, 0) is 11.3 Å². The molecule has 9 heteroatoms. The Morgan fingerprint density at radius 2 is 1.86 bits per heavy atom. The minimum Gasteiger partial charge on any atom is -0.323 e. The number of carbonyl (C=O) groups is 1. The van der Waals surface area contributed by atoms with Gasteiger partial charge in [-0.25, -0.2) is 9.48 Å². The summed E-state index contributed by atoms with van der Waals surface area (Å²) in [6.07, 6.45) is 3.39. The molecule has 0 radical (unpaired) electrons. The summed E-state index contributed by atoms with van der Waals surface area (Å²) in [5.74, 6) is -0.499. The third-order valence-corrected chi connectivity index (χ3v) is 4.58. The number of aromatic amines is 1. The van der Waals surface area contributed by atoms with Gasteiger partial charge in [-0.3, -0.25) is 14.2 Å². The quantitative estimate of drug-likeness (QED) is 0.509. The molecule has 0 atom stereocenters. The van der Waals surface area contributed by atoms with Crippen LogP contribution in [0.5, 0.6) is 0 Å². The fraction of sp³-hybridized carbons (Fsp3) is 0.0526. The van der Waals surface area contributed by atoms with Crippen molar-refractivity contribution in [2.75, 3.05) is 5.32 Å². The number of fused-ring (bicyclic) bond motifs is 1. The number of carbonyl (C=O) groups excluding carboxylic acids is 1. The van der Waals surface area contributed by atoms with Gasteiger partial charge in [0.2, 0.25) is 5.91 Å². The van der Waals surface area contributed by atoms with E-state index >= 15 is 0 Å². The van der Waals surface area contributed by atoms with Crippen LogP contribution in [0.1, 0.15) is 0 Å². The van der Waals surface area contributed by atoms with Gasteiger partial charge in [0.15, 0.2) is 0 Å². The lowest BCUT2D eigenvalue weighted by Crippen LogP contribution is -2.38. The van der Waals surface area contributed by atoms with Crippen LogP contribution < -0.4 is 16.6 Å². The SMILES string of the molecule is O=C(Cn1c(=O)[nH]c2ccccc2c1=O)Nc1ccccc1-n1cc(Br)cn1. The Labute approximate surface area is 166 Å². The number of nitrogens with zero attached hydrogens (tertiary/aromatic N) is 3. The molecule has 4 rings (SSSR count). The molecule has 0 saturated heterocycles. The molecule has 4 aromatic rings. The molecule has 0 aliphatic heterocycles. The lowest BCUT2D eigenvalue weighted by Gasteiger charge is -2.12. The highest BCUT2D eigenvalue weighted by molar-refractivity contribution is 9.10. The molecule has 140 valence electrons. The lowest BCUT2D eigenvalue weighted by molar-refractivity contribution is -0.116. The number of para-hydroxylation sites is 3. The van der Waals surface area contributed by atoms with Crippen molar-refractivity contribution >= 4 is 38.4 Å². The van der Waals surface area contributed by atoms with Crippen molar-refractivity contribution in [3.8, 4) is 5.69 Å². The third kappa shape index (κ3) is 3.39. The highest BCUT2D eigenvalue weighted by atomic mass is 79.9. The Bertz CT molecular complexity index is 1300. The Morgan fingerprint density at radius 3 is 2.64 bits per heavy atom. The predicted molar refractivity (Wildman–Crippen MR) is 109 cm³/mol. The van der Waals surface area contributed by atoms with Crippen molar-refractivity contribution in [3.05, 3.63) is 86.2 Å². The molecule has 0 spiro atoms. The van der Waals surface area contributed by atoms with Crippen molar-refractivity contribution in [2.45, 2.75) is 6.54 Å². The van der Waals surface area contributed by atoms with Crippen LogP contribution >= 0.6 is 15.9 Å². The molecular weight excluding hydrogens is 426 g/mol. The highest BCUT2D eigenvalue weighted by Gasteiger charge is 2.13. The zero-order chi connectivity index (χ0) is 19.7. The highest BCUT2D eigenvalue weighted by Crippen LogP contribution is 2.21. The van der Waals surface area contributed by atoms with Gasteiger partial charge in [0.1, 0.15) is 6.54 Å². The first kappa shape index (κ1) is 17.9. The maximum Gasteiger partial charge on any atom is 0.329 e. The monoisotopic (exact) mass is 439 g/mol. The topological polar surface area (TPSA) is 102 Å². The van der Waals surface area contributed by atoms with Crippen molar-refractivity contribution in [1.82, 2.24) is 19.3 Å². The number of amides is 1. The van der Waals surface area contributed by atoms with Gasteiger partial charge in [-0.15, -0.1) is 0 Å². The average Bonchev–Trinajstić information content (AvgIpc) is 3.12. The molecule has 0 aliphatic carbocycles. The summed E-state index contributed by atoms with van der Waals surface area (Å²) in [6, 6.07) is 13.8. The summed E-state index contributed by atoms with van der Waals surface area (Å²) in [5, 5.41) is 7.29. The largest absolute Gasteiger partial charge is 0.329 e. The molecule has 2 aromatic heterocycles. The standard InChI is InChI=1S/C19H14BrN5O3/c20-12-9-21-25(10-12)16-8-4-3-7-15(16)22-17(26)11-24-18(27)13-5-1-2-6-14(13)23-19(24)28/h1-10H,11H2,(H,22,26)(H,23,28). The van der Waals surface area contributed by atoms with Crippen LogP contribution in [0.2, 0.25) is 0 Å². The van der Waals surface area contributed by atoms with Gasteiger partial charge < -0.3 is 10.3 Å². The van der Waals surface area contributed by atoms with Gasteiger partial charge in [0.25, 0.3) is 5.56 Å². The Balaban J connectivity index is 1.64. The summed E-state index contributed by atoms with van der Waals surface area (Å²) in [5.41, 5.74) is 0.445. The van der Waals surface area contributed by atoms with E-state index in [1.54, 1.807) is 59.5 Å². The Hall–Kier alpha value is -3.46. The fourth-order valence-corrected chi connectivity index (χ4v) is 3.17. The summed E-state index contributed by atoms with van der Waals surface area (Å²) in [4.78, 5) is 40.0. The Morgan fingerprint density at radius 1 is 1.11 bits per heavy atom. The van der Waals surface area contributed by atoms with Crippen LogP contribution in [0.4, 0.5) is 5.69 Å². The fourth-order valence-electron chi connectivity index (χ4n) is 2.89. The molecule has 0 unspecified atom stereocenters. The first-order chi connectivity index (χ1) is 13.5. The number of hydrogen-bond acceptors (Lipinski definition) is 4. The maximum absolute atomic E-state index is 12.6. The molecule has 0 fully saturated rings. The predicted octanol–water partition coefficient (Wildman–Crippen LogP) is 2.28. The summed E-state index contributed by atoms with van der Waals surface area (Å²) in [6.45, 7) is -0.407. The second kappa shape index (κ2) is 7.28. The number of benzene rings is 2. The first-order valence-electron chi connectivity index (χ1n) is 8.34. The lowest BCUT2D eigenvalue weighted by atomic mass is 10.2.